The van der Waals surface area contributed by atoms with Crippen molar-refractivity contribution in [1.29, 1.82) is 0 Å². The van der Waals surface area contributed by atoms with E-state index in [2.05, 4.69) is 5.32 Å². The molecule has 1 aromatic carbocycles. The Kier molecular flexibility index (Phi) is 4.83. The van der Waals surface area contributed by atoms with Crippen molar-refractivity contribution in [2.45, 2.75) is 19.9 Å². The lowest BCUT2D eigenvalue weighted by Crippen LogP contribution is -2.46. The number of cyclic esters (lactones) is 1. The van der Waals surface area contributed by atoms with Gasteiger partial charge in [-0.25, -0.2) is 4.79 Å². The van der Waals surface area contributed by atoms with Crippen LogP contribution >= 0.6 is 24.0 Å². The van der Waals surface area contributed by atoms with Crippen molar-refractivity contribution in [2.24, 2.45) is 5.41 Å². The molecule has 0 radical (unpaired) electrons. The summed E-state index contributed by atoms with van der Waals surface area (Å²) in [5.74, 6) is 0. The Balaban J connectivity index is 0.00000200. The van der Waals surface area contributed by atoms with Gasteiger partial charge in [-0.15, -0.1) is 12.4 Å². The van der Waals surface area contributed by atoms with E-state index in [1.54, 1.807) is 6.07 Å². The first-order chi connectivity index (χ1) is 8.81. The Hall–Kier alpha value is -1.53. The van der Waals surface area contributed by atoms with Crippen molar-refractivity contribution in [2.75, 3.05) is 6.61 Å². The molecule has 20 heavy (non-hydrogen) atoms. The van der Waals surface area contributed by atoms with Gasteiger partial charge in [0.15, 0.2) is 0 Å². The highest BCUT2D eigenvalue weighted by Gasteiger charge is 2.38. The van der Waals surface area contributed by atoms with E-state index in [0.29, 0.717) is 5.56 Å². The Morgan fingerprint density at radius 1 is 1.50 bits per heavy atom. The summed E-state index contributed by atoms with van der Waals surface area (Å²) in [6.07, 6.45) is -0.526. The number of nitrogens with zero attached hydrogens (tertiary/aromatic N) is 1. The number of hydrogen-bond acceptors (Lipinski definition) is 4. The molecule has 1 amide bonds. The minimum absolute atomic E-state index is 0. The second-order valence-corrected chi connectivity index (χ2v) is 5.52. The zero-order valence-corrected chi connectivity index (χ0v) is 12.5. The fraction of sp³-hybridized carbons (Fsp3) is 0.417. The van der Waals surface area contributed by atoms with Crippen molar-refractivity contribution in [3.8, 4) is 0 Å². The van der Waals surface area contributed by atoms with E-state index in [1.165, 1.54) is 12.1 Å². The number of nitro groups is 1. The van der Waals surface area contributed by atoms with Gasteiger partial charge in [-0.2, -0.15) is 0 Å². The maximum Gasteiger partial charge on any atom is 0.407 e. The molecule has 1 aliphatic heterocycles. The number of halogens is 2. The van der Waals surface area contributed by atoms with Crippen LogP contribution in [-0.4, -0.2) is 17.6 Å². The summed E-state index contributed by atoms with van der Waals surface area (Å²) in [4.78, 5) is 21.7. The Labute approximate surface area is 127 Å². The smallest absolute Gasteiger partial charge is 0.407 e. The topological polar surface area (TPSA) is 81.5 Å². The van der Waals surface area contributed by atoms with Gasteiger partial charge in [0.1, 0.15) is 11.6 Å². The number of nitrogens with one attached hydrogen (secondary N) is 1. The lowest BCUT2D eigenvalue weighted by atomic mass is 9.80. The predicted molar refractivity (Wildman–Crippen MR) is 76.4 cm³/mol. The molecular formula is C12H14Cl2N2O4. The third-order valence-corrected chi connectivity index (χ3v) is 3.44. The van der Waals surface area contributed by atoms with E-state index in [9.17, 15) is 14.9 Å². The second kappa shape index (κ2) is 5.85. The summed E-state index contributed by atoms with van der Waals surface area (Å²) in [7, 11) is 0. The summed E-state index contributed by atoms with van der Waals surface area (Å²) in [6, 6.07) is 4.17. The highest BCUT2D eigenvalue weighted by Crippen LogP contribution is 2.38. The molecule has 0 unspecified atom stereocenters. The van der Waals surface area contributed by atoms with Gasteiger partial charge in [-0.3, -0.25) is 10.1 Å². The summed E-state index contributed by atoms with van der Waals surface area (Å²) >= 11 is 5.78. The molecule has 8 heteroatoms. The molecule has 1 aromatic rings. The Bertz CT molecular complexity index is 548. The third-order valence-electron chi connectivity index (χ3n) is 3.12. The molecule has 1 heterocycles. The van der Waals surface area contributed by atoms with Gasteiger partial charge in [0.05, 0.1) is 11.0 Å². The second-order valence-electron chi connectivity index (χ2n) is 5.11. The molecule has 0 aromatic heterocycles. The number of alkyl carbamates (subject to hydrolysis) is 1. The number of nitro benzene ring substituents is 1. The molecule has 1 saturated heterocycles. The predicted octanol–water partition coefficient (Wildman–Crippen LogP) is 3.48. The fourth-order valence-electron chi connectivity index (χ4n) is 2.07. The Morgan fingerprint density at radius 2 is 2.15 bits per heavy atom. The highest BCUT2D eigenvalue weighted by molar-refractivity contribution is 6.32. The van der Waals surface area contributed by atoms with E-state index in [0.717, 1.165) is 0 Å². The lowest BCUT2D eigenvalue weighted by molar-refractivity contribution is -0.384. The minimum Gasteiger partial charge on any atom is -0.449 e. The first-order valence-electron chi connectivity index (χ1n) is 5.68. The molecule has 0 aliphatic carbocycles. The molecule has 1 fully saturated rings. The number of hydrogen-bond donors (Lipinski definition) is 1. The van der Waals surface area contributed by atoms with E-state index in [4.69, 9.17) is 16.3 Å². The number of carbonyl (C=O) groups is 1. The van der Waals surface area contributed by atoms with E-state index >= 15 is 0 Å². The first-order valence-corrected chi connectivity index (χ1v) is 6.06. The van der Waals surface area contributed by atoms with Gasteiger partial charge in [0, 0.05) is 11.5 Å². The minimum atomic E-state index is -0.542. The average molecular weight is 321 g/mol. The van der Waals surface area contributed by atoms with Crippen molar-refractivity contribution in [3.05, 3.63) is 38.9 Å². The van der Waals surface area contributed by atoms with Gasteiger partial charge in [-0.05, 0) is 11.6 Å². The van der Waals surface area contributed by atoms with Gasteiger partial charge < -0.3 is 10.1 Å². The number of rotatable bonds is 2. The molecular weight excluding hydrogens is 307 g/mol. The molecule has 0 bridgehead atoms. The molecule has 1 atom stereocenters. The van der Waals surface area contributed by atoms with Crippen LogP contribution in [0, 0.1) is 15.5 Å². The van der Waals surface area contributed by atoms with Crippen molar-refractivity contribution in [3.63, 3.8) is 0 Å². The van der Waals surface area contributed by atoms with Gasteiger partial charge in [0.2, 0.25) is 0 Å². The number of ether oxygens (including phenoxy) is 1. The van der Waals surface area contributed by atoms with Crippen LogP contribution in [0.4, 0.5) is 10.5 Å². The van der Waals surface area contributed by atoms with Crippen LogP contribution in [0.25, 0.3) is 0 Å². The van der Waals surface area contributed by atoms with Crippen LogP contribution in [0.3, 0.4) is 0 Å². The van der Waals surface area contributed by atoms with E-state index in [1.807, 2.05) is 13.8 Å². The zero-order valence-electron chi connectivity index (χ0n) is 10.9. The molecule has 6 nitrogen and oxygen atoms in total. The van der Waals surface area contributed by atoms with Crippen molar-refractivity contribution in [1.82, 2.24) is 5.32 Å². The zero-order chi connectivity index (χ0) is 14.2. The standard InChI is InChI=1S/C12H13ClN2O4.ClH/c1-12(2)6-19-11(16)14-10(12)7-3-4-8(13)9(5-7)15(17)18;/h3-5,10H,6H2,1-2H3,(H,14,16);1H/t10-;/m0./s1. The molecule has 2 rings (SSSR count). The van der Waals surface area contributed by atoms with Gasteiger partial charge in [-0.1, -0.05) is 31.5 Å². The Morgan fingerprint density at radius 3 is 2.75 bits per heavy atom. The molecule has 1 aliphatic rings. The normalized spacial score (nSPS) is 20.4. The highest BCUT2D eigenvalue weighted by atomic mass is 35.5. The molecule has 0 saturated carbocycles. The van der Waals surface area contributed by atoms with Crippen molar-refractivity contribution >= 4 is 35.8 Å². The summed E-state index contributed by atoms with van der Waals surface area (Å²) in [5, 5.41) is 13.6. The van der Waals surface area contributed by atoms with Gasteiger partial charge >= 0.3 is 6.09 Å². The van der Waals surface area contributed by atoms with Crippen LogP contribution in [0.15, 0.2) is 18.2 Å². The number of amides is 1. The quantitative estimate of drug-likeness (QED) is 0.668. The molecule has 0 spiro atoms. The van der Waals surface area contributed by atoms with E-state index in [-0.39, 0.29) is 41.2 Å². The van der Waals surface area contributed by atoms with Gasteiger partial charge in [0.25, 0.3) is 5.69 Å². The van der Waals surface area contributed by atoms with Crippen LogP contribution in [0.5, 0.6) is 0 Å². The molecule has 1 N–H and O–H groups in total. The lowest BCUT2D eigenvalue weighted by Gasteiger charge is -2.38. The summed E-state index contributed by atoms with van der Waals surface area (Å²) < 4.78 is 4.94. The van der Waals surface area contributed by atoms with Crippen LogP contribution < -0.4 is 5.32 Å². The SMILES string of the molecule is CC1(C)COC(=O)N[C@H]1c1ccc(Cl)c([N+](=O)[O-])c1.Cl. The maximum atomic E-state index is 11.3. The first kappa shape index (κ1) is 16.5. The molecule has 110 valence electrons. The monoisotopic (exact) mass is 320 g/mol. The summed E-state index contributed by atoms with van der Waals surface area (Å²) in [6.45, 7) is 4.08. The van der Waals surface area contributed by atoms with Crippen molar-refractivity contribution < 1.29 is 14.5 Å². The maximum absolute atomic E-state index is 11.3. The number of carbonyl (C=O) groups excluding carboxylic acids is 1. The summed E-state index contributed by atoms with van der Waals surface area (Å²) in [5.41, 5.74) is 0.101. The largest absolute Gasteiger partial charge is 0.449 e. The van der Waals surface area contributed by atoms with Crippen LogP contribution in [0.1, 0.15) is 25.5 Å². The van der Waals surface area contributed by atoms with Crippen LogP contribution in [-0.2, 0) is 4.74 Å². The number of benzene rings is 1. The third kappa shape index (κ3) is 3.13. The van der Waals surface area contributed by atoms with Crippen LogP contribution in [0.2, 0.25) is 5.02 Å². The average Bonchev–Trinajstić information content (AvgIpc) is 2.33. The fourth-order valence-corrected chi connectivity index (χ4v) is 2.26. The van der Waals surface area contributed by atoms with E-state index < -0.39 is 11.0 Å².